The predicted octanol–water partition coefficient (Wildman–Crippen LogP) is 2.05. The van der Waals surface area contributed by atoms with Crippen LogP contribution in [0.3, 0.4) is 0 Å². The number of carbonyl (C=O) groups is 3. The lowest BCUT2D eigenvalue weighted by molar-refractivity contribution is -0.124. The summed E-state index contributed by atoms with van der Waals surface area (Å²) < 4.78 is 10.1. The Morgan fingerprint density at radius 2 is 1.92 bits per heavy atom. The summed E-state index contributed by atoms with van der Waals surface area (Å²) in [7, 11) is 0. The van der Waals surface area contributed by atoms with Crippen molar-refractivity contribution < 1.29 is 23.6 Å². The molecule has 1 atom stereocenters. The first-order valence-corrected chi connectivity index (χ1v) is 7.50. The molecule has 1 heterocycles. The number of anilines is 2. The molecule has 0 aliphatic carbocycles. The maximum atomic E-state index is 12.2. The minimum Gasteiger partial charge on any atom is -0.449 e. The van der Waals surface area contributed by atoms with Crippen LogP contribution in [-0.4, -0.2) is 29.2 Å². The first kappa shape index (κ1) is 18.0. The largest absolute Gasteiger partial charge is 0.449 e. The molecule has 25 heavy (non-hydrogen) atoms. The van der Waals surface area contributed by atoms with E-state index in [4.69, 9.17) is 15.0 Å². The number of ether oxygens (including phenoxy) is 1. The molecule has 1 aromatic heterocycles. The van der Waals surface area contributed by atoms with Crippen LogP contribution in [0.15, 0.2) is 34.9 Å². The summed E-state index contributed by atoms with van der Waals surface area (Å²) in [5.74, 6) is -0.371. The molecule has 0 spiro atoms. The van der Waals surface area contributed by atoms with Crippen LogP contribution in [0.1, 0.15) is 29.5 Å². The zero-order valence-electron chi connectivity index (χ0n) is 13.7. The van der Waals surface area contributed by atoms with Crippen molar-refractivity contribution >= 4 is 29.4 Å². The van der Waals surface area contributed by atoms with Gasteiger partial charge in [-0.3, -0.25) is 4.79 Å². The standard InChI is InChI=1S/C16H18N4O5/c1-3-12(14(21)19-13-8-9(2)25-20-13)24-15(22)10-4-6-11(7-5-10)18-16(17)23/h4-8,12H,3H2,1-2H3,(H3,17,18,23)(H,19,20,21). The highest BCUT2D eigenvalue weighted by Crippen LogP contribution is 2.13. The van der Waals surface area contributed by atoms with Crippen molar-refractivity contribution in [2.75, 3.05) is 10.6 Å². The lowest BCUT2D eigenvalue weighted by Crippen LogP contribution is -2.32. The third-order valence-corrected chi connectivity index (χ3v) is 3.18. The number of esters is 1. The number of carbonyl (C=O) groups excluding carboxylic acids is 3. The van der Waals surface area contributed by atoms with Gasteiger partial charge in [-0.05, 0) is 37.6 Å². The number of nitrogens with zero attached hydrogens (tertiary/aromatic N) is 1. The van der Waals surface area contributed by atoms with Crippen molar-refractivity contribution in [3.8, 4) is 0 Å². The van der Waals surface area contributed by atoms with Gasteiger partial charge >= 0.3 is 12.0 Å². The van der Waals surface area contributed by atoms with Crippen molar-refractivity contribution in [2.45, 2.75) is 26.4 Å². The highest BCUT2D eigenvalue weighted by molar-refractivity contribution is 5.97. The zero-order chi connectivity index (χ0) is 18.4. The van der Waals surface area contributed by atoms with E-state index in [0.29, 0.717) is 11.4 Å². The number of aromatic nitrogens is 1. The van der Waals surface area contributed by atoms with Gasteiger partial charge in [0.1, 0.15) is 5.76 Å². The molecule has 0 fully saturated rings. The molecule has 3 amide bonds. The topological polar surface area (TPSA) is 137 Å². The van der Waals surface area contributed by atoms with E-state index in [-0.39, 0.29) is 17.8 Å². The van der Waals surface area contributed by atoms with E-state index in [1.54, 1.807) is 19.9 Å². The number of nitrogens with two attached hydrogens (primary N) is 1. The molecule has 132 valence electrons. The van der Waals surface area contributed by atoms with E-state index in [9.17, 15) is 14.4 Å². The number of amides is 3. The Bertz CT molecular complexity index is 769. The summed E-state index contributed by atoms with van der Waals surface area (Å²) >= 11 is 0. The van der Waals surface area contributed by atoms with Gasteiger partial charge in [0.15, 0.2) is 11.9 Å². The van der Waals surface area contributed by atoms with E-state index in [0.717, 1.165) is 0 Å². The van der Waals surface area contributed by atoms with Gasteiger partial charge in [0.05, 0.1) is 5.56 Å². The van der Waals surface area contributed by atoms with Gasteiger partial charge in [-0.15, -0.1) is 0 Å². The minimum atomic E-state index is -0.979. The maximum Gasteiger partial charge on any atom is 0.338 e. The fraction of sp³-hybridized carbons (Fsp3) is 0.250. The normalized spacial score (nSPS) is 11.4. The molecule has 2 aromatic rings. The number of hydrogen-bond acceptors (Lipinski definition) is 6. The monoisotopic (exact) mass is 346 g/mol. The Balaban J connectivity index is 1.98. The molecular weight excluding hydrogens is 328 g/mol. The van der Waals surface area contributed by atoms with Crippen molar-refractivity contribution in [1.29, 1.82) is 0 Å². The number of primary amides is 1. The number of benzene rings is 1. The molecule has 1 unspecified atom stereocenters. The lowest BCUT2D eigenvalue weighted by atomic mass is 10.2. The minimum absolute atomic E-state index is 0.235. The van der Waals surface area contributed by atoms with Crippen LogP contribution in [0.25, 0.3) is 0 Å². The SMILES string of the molecule is CCC(OC(=O)c1ccc(NC(N)=O)cc1)C(=O)Nc1cc(C)on1. The second-order valence-corrected chi connectivity index (χ2v) is 5.18. The molecule has 0 radical (unpaired) electrons. The van der Waals surface area contributed by atoms with Gasteiger partial charge in [-0.25, -0.2) is 9.59 Å². The summed E-state index contributed by atoms with van der Waals surface area (Å²) in [6.45, 7) is 3.40. The van der Waals surface area contributed by atoms with Gasteiger partial charge < -0.3 is 25.6 Å². The molecule has 0 aliphatic heterocycles. The van der Waals surface area contributed by atoms with Gasteiger partial charge in [-0.2, -0.15) is 0 Å². The van der Waals surface area contributed by atoms with Crippen molar-refractivity contribution in [3.05, 3.63) is 41.7 Å². The average molecular weight is 346 g/mol. The third-order valence-electron chi connectivity index (χ3n) is 3.18. The molecule has 2 rings (SSSR count). The Labute approximate surface area is 143 Å². The molecule has 4 N–H and O–H groups in total. The molecule has 9 nitrogen and oxygen atoms in total. The zero-order valence-corrected chi connectivity index (χ0v) is 13.7. The summed E-state index contributed by atoms with van der Waals surface area (Å²) in [5.41, 5.74) is 5.68. The van der Waals surface area contributed by atoms with Crippen molar-refractivity contribution in [2.24, 2.45) is 5.73 Å². The van der Waals surface area contributed by atoms with E-state index >= 15 is 0 Å². The van der Waals surface area contributed by atoms with Crippen LogP contribution >= 0.6 is 0 Å². The average Bonchev–Trinajstić information content (AvgIpc) is 2.97. The van der Waals surface area contributed by atoms with Crippen LogP contribution < -0.4 is 16.4 Å². The Hall–Kier alpha value is -3.36. The first-order chi connectivity index (χ1) is 11.9. The maximum absolute atomic E-state index is 12.2. The third kappa shape index (κ3) is 5.06. The number of hydrogen-bond donors (Lipinski definition) is 3. The number of nitrogens with one attached hydrogen (secondary N) is 2. The van der Waals surface area contributed by atoms with E-state index in [2.05, 4.69) is 15.8 Å². The van der Waals surface area contributed by atoms with Gasteiger partial charge in [-0.1, -0.05) is 12.1 Å². The molecule has 0 saturated heterocycles. The van der Waals surface area contributed by atoms with Crippen molar-refractivity contribution in [3.63, 3.8) is 0 Å². The Morgan fingerprint density at radius 1 is 1.24 bits per heavy atom. The highest BCUT2D eigenvalue weighted by Gasteiger charge is 2.23. The smallest absolute Gasteiger partial charge is 0.338 e. The van der Waals surface area contributed by atoms with Gasteiger partial charge in [0.2, 0.25) is 0 Å². The second kappa shape index (κ2) is 7.95. The van der Waals surface area contributed by atoms with E-state index in [1.807, 2.05) is 0 Å². The Kier molecular flexibility index (Phi) is 5.72. The van der Waals surface area contributed by atoms with Crippen LogP contribution in [-0.2, 0) is 9.53 Å². The van der Waals surface area contributed by atoms with Crippen LogP contribution in [0.4, 0.5) is 16.3 Å². The fourth-order valence-corrected chi connectivity index (χ4v) is 1.98. The molecule has 0 saturated carbocycles. The lowest BCUT2D eigenvalue weighted by Gasteiger charge is -2.15. The molecule has 0 bridgehead atoms. The van der Waals surface area contributed by atoms with Crippen LogP contribution in [0, 0.1) is 6.92 Å². The fourth-order valence-electron chi connectivity index (χ4n) is 1.98. The number of urea groups is 1. The number of aryl methyl sites for hydroxylation is 1. The first-order valence-electron chi connectivity index (χ1n) is 7.50. The Morgan fingerprint density at radius 3 is 2.44 bits per heavy atom. The van der Waals surface area contributed by atoms with E-state index < -0.39 is 24.0 Å². The quantitative estimate of drug-likeness (QED) is 0.685. The molecule has 1 aromatic carbocycles. The van der Waals surface area contributed by atoms with Crippen LogP contribution in [0.5, 0.6) is 0 Å². The summed E-state index contributed by atoms with van der Waals surface area (Å²) in [6, 6.07) is 6.76. The number of rotatable bonds is 6. The second-order valence-electron chi connectivity index (χ2n) is 5.18. The highest BCUT2D eigenvalue weighted by atomic mass is 16.5. The van der Waals surface area contributed by atoms with Crippen LogP contribution in [0.2, 0.25) is 0 Å². The van der Waals surface area contributed by atoms with E-state index in [1.165, 1.54) is 24.3 Å². The summed E-state index contributed by atoms with van der Waals surface area (Å²) in [4.78, 5) is 35.1. The van der Waals surface area contributed by atoms with Gasteiger partial charge in [0.25, 0.3) is 5.91 Å². The van der Waals surface area contributed by atoms with Crippen molar-refractivity contribution in [1.82, 2.24) is 5.16 Å². The molecule has 0 aliphatic rings. The summed E-state index contributed by atoms with van der Waals surface area (Å²) in [6.07, 6.45) is -0.691. The molecular formula is C16H18N4O5. The summed E-state index contributed by atoms with van der Waals surface area (Å²) in [5, 5.41) is 8.55. The van der Waals surface area contributed by atoms with Gasteiger partial charge in [0, 0.05) is 11.8 Å². The molecule has 9 heteroatoms. The predicted molar refractivity (Wildman–Crippen MR) is 89.0 cm³/mol.